The largest absolute Gasteiger partial charge is 0.497 e. The van der Waals surface area contributed by atoms with Crippen LogP contribution in [0.15, 0.2) is 42.5 Å². The van der Waals surface area contributed by atoms with E-state index in [2.05, 4.69) is 31.2 Å². The fourth-order valence-corrected chi connectivity index (χ4v) is 3.42. The highest BCUT2D eigenvalue weighted by Crippen LogP contribution is 2.47. The lowest BCUT2D eigenvalue weighted by Gasteiger charge is -2.26. The highest BCUT2D eigenvalue weighted by Gasteiger charge is 2.35. The molecular weight excluding hydrogens is 276 g/mol. The minimum atomic E-state index is -0.735. The summed E-state index contributed by atoms with van der Waals surface area (Å²) in [6.45, 7) is 2.05. The van der Waals surface area contributed by atoms with Crippen LogP contribution in [0.2, 0.25) is 0 Å². The lowest BCUT2D eigenvalue weighted by molar-refractivity contribution is -0.138. The van der Waals surface area contributed by atoms with Gasteiger partial charge in [-0.05, 0) is 52.9 Å². The van der Waals surface area contributed by atoms with Gasteiger partial charge in [-0.3, -0.25) is 4.79 Å². The summed E-state index contributed by atoms with van der Waals surface area (Å²) in [5.74, 6) is 0.108. The van der Waals surface area contributed by atoms with Gasteiger partial charge in [0, 0.05) is 5.41 Å². The molecule has 0 aromatic heterocycles. The van der Waals surface area contributed by atoms with Gasteiger partial charge >= 0.3 is 5.97 Å². The highest BCUT2D eigenvalue weighted by molar-refractivity contribution is 5.89. The first-order valence-electron chi connectivity index (χ1n) is 7.52. The third-order valence-corrected chi connectivity index (χ3v) is 4.59. The maximum Gasteiger partial charge on any atom is 0.304 e. The van der Waals surface area contributed by atoms with Crippen molar-refractivity contribution < 1.29 is 14.6 Å². The molecular formula is C19H20O3. The van der Waals surface area contributed by atoms with Gasteiger partial charge in [-0.15, -0.1) is 0 Å². The molecule has 1 unspecified atom stereocenters. The summed E-state index contributed by atoms with van der Waals surface area (Å²) in [6.07, 6.45) is 4.21. The second-order valence-corrected chi connectivity index (χ2v) is 6.22. The molecule has 0 fully saturated rings. The van der Waals surface area contributed by atoms with E-state index in [1.807, 2.05) is 18.2 Å². The van der Waals surface area contributed by atoms with Crippen molar-refractivity contribution in [3.63, 3.8) is 0 Å². The standard InChI is InChI=1S/C19H20O3/c1-19(12-18(20)21)9-3-4-17(19)15-6-5-14-11-16(22-2)8-7-13(14)10-15/h4-8,10-11H,3,9,12H2,1-2H3,(H,20,21). The average Bonchev–Trinajstić information content (AvgIpc) is 2.86. The number of ether oxygens (including phenoxy) is 1. The number of carboxylic acids is 1. The van der Waals surface area contributed by atoms with Gasteiger partial charge in [-0.25, -0.2) is 0 Å². The molecule has 0 heterocycles. The number of carbonyl (C=O) groups is 1. The molecule has 3 nitrogen and oxygen atoms in total. The maximum absolute atomic E-state index is 11.2. The molecule has 0 amide bonds. The van der Waals surface area contributed by atoms with Crippen molar-refractivity contribution in [3.05, 3.63) is 48.0 Å². The first-order valence-corrected chi connectivity index (χ1v) is 7.52. The number of hydrogen-bond donors (Lipinski definition) is 1. The summed E-state index contributed by atoms with van der Waals surface area (Å²) < 4.78 is 5.25. The molecule has 114 valence electrons. The minimum absolute atomic E-state index is 0.180. The van der Waals surface area contributed by atoms with Gasteiger partial charge < -0.3 is 9.84 Å². The van der Waals surface area contributed by atoms with Crippen molar-refractivity contribution in [1.29, 1.82) is 0 Å². The van der Waals surface area contributed by atoms with Crippen LogP contribution in [-0.2, 0) is 4.79 Å². The molecule has 22 heavy (non-hydrogen) atoms. The number of methoxy groups -OCH3 is 1. The van der Waals surface area contributed by atoms with Crippen molar-refractivity contribution in [2.45, 2.75) is 26.2 Å². The molecule has 0 bridgehead atoms. The quantitative estimate of drug-likeness (QED) is 0.903. The molecule has 0 aliphatic heterocycles. The van der Waals surface area contributed by atoms with E-state index >= 15 is 0 Å². The van der Waals surface area contributed by atoms with E-state index in [1.165, 1.54) is 0 Å². The van der Waals surface area contributed by atoms with E-state index in [0.717, 1.165) is 40.5 Å². The predicted octanol–water partition coefficient (Wildman–Crippen LogP) is 4.51. The fraction of sp³-hybridized carbons (Fsp3) is 0.316. The Morgan fingerprint density at radius 1 is 1.23 bits per heavy atom. The van der Waals surface area contributed by atoms with E-state index < -0.39 is 5.97 Å². The summed E-state index contributed by atoms with van der Waals surface area (Å²) >= 11 is 0. The topological polar surface area (TPSA) is 46.5 Å². The van der Waals surface area contributed by atoms with Crippen LogP contribution in [-0.4, -0.2) is 18.2 Å². The Morgan fingerprint density at radius 2 is 1.95 bits per heavy atom. The van der Waals surface area contributed by atoms with Crippen molar-refractivity contribution in [2.75, 3.05) is 7.11 Å². The van der Waals surface area contributed by atoms with Gasteiger partial charge in [0.15, 0.2) is 0 Å². The predicted molar refractivity (Wildman–Crippen MR) is 88.1 cm³/mol. The van der Waals surface area contributed by atoms with Gasteiger partial charge in [-0.1, -0.05) is 31.2 Å². The molecule has 0 spiro atoms. The second-order valence-electron chi connectivity index (χ2n) is 6.22. The molecule has 0 radical (unpaired) electrons. The van der Waals surface area contributed by atoms with E-state index in [0.29, 0.717) is 0 Å². The summed E-state index contributed by atoms with van der Waals surface area (Å²) in [7, 11) is 1.66. The van der Waals surface area contributed by atoms with Crippen LogP contribution < -0.4 is 4.74 Å². The normalized spacial score (nSPS) is 20.9. The number of allylic oxidation sites excluding steroid dienone is 2. The molecule has 3 rings (SSSR count). The van der Waals surface area contributed by atoms with Gasteiger partial charge in [0.1, 0.15) is 5.75 Å². The van der Waals surface area contributed by atoms with Crippen LogP contribution in [0.25, 0.3) is 16.3 Å². The third kappa shape index (κ3) is 2.59. The number of rotatable bonds is 4. The van der Waals surface area contributed by atoms with Crippen LogP contribution in [0, 0.1) is 5.41 Å². The average molecular weight is 296 g/mol. The van der Waals surface area contributed by atoms with E-state index in [1.54, 1.807) is 7.11 Å². The van der Waals surface area contributed by atoms with Crippen molar-refractivity contribution in [2.24, 2.45) is 5.41 Å². The number of carboxylic acid groups (broad SMARTS) is 1. The highest BCUT2D eigenvalue weighted by atomic mass is 16.5. The number of fused-ring (bicyclic) bond motifs is 1. The fourth-order valence-electron chi connectivity index (χ4n) is 3.42. The summed E-state index contributed by atoms with van der Waals surface area (Å²) in [4.78, 5) is 11.2. The molecule has 1 atom stereocenters. The molecule has 0 saturated heterocycles. The second kappa shape index (κ2) is 5.48. The summed E-state index contributed by atoms with van der Waals surface area (Å²) in [5, 5.41) is 11.5. The monoisotopic (exact) mass is 296 g/mol. The zero-order chi connectivity index (χ0) is 15.7. The lowest BCUT2D eigenvalue weighted by Crippen LogP contribution is -2.19. The number of benzene rings is 2. The van der Waals surface area contributed by atoms with E-state index in [9.17, 15) is 9.90 Å². The Hall–Kier alpha value is -2.29. The molecule has 1 N–H and O–H groups in total. The Labute approximate surface area is 130 Å². The van der Waals surface area contributed by atoms with Gasteiger partial charge in [0.25, 0.3) is 0 Å². The maximum atomic E-state index is 11.2. The number of hydrogen-bond acceptors (Lipinski definition) is 2. The SMILES string of the molecule is COc1ccc2cc(C3=CCCC3(C)CC(=O)O)ccc2c1. The Bertz CT molecular complexity index is 760. The Kier molecular flexibility index (Phi) is 3.65. The third-order valence-electron chi connectivity index (χ3n) is 4.59. The Morgan fingerprint density at radius 3 is 2.68 bits per heavy atom. The van der Waals surface area contributed by atoms with Crippen molar-refractivity contribution in [1.82, 2.24) is 0 Å². The molecule has 2 aromatic carbocycles. The van der Waals surface area contributed by atoms with Gasteiger partial charge in [0.05, 0.1) is 13.5 Å². The minimum Gasteiger partial charge on any atom is -0.497 e. The van der Waals surface area contributed by atoms with E-state index in [-0.39, 0.29) is 11.8 Å². The molecule has 1 aliphatic carbocycles. The van der Waals surface area contributed by atoms with E-state index in [4.69, 9.17) is 4.74 Å². The molecule has 3 heteroatoms. The van der Waals surface area contributed by atoms with Gasteiger partial charge in [0.2, 0.25) is 0 Å². The van der Waals surface area contributed by atoms with Crippen LogP contribution in [0.4, 0.5) is 0 Å². The first kappa shape index (κ1) is 14.6. The van der Waals surface area contributed by atoms with Crippen LogP contribution in [0.3, 0.4) is 0 Å². The summed E-state index contributed by atoms with van der Waals surface area (Å²) in [6, 6.07) is 12.3. The lowest BCUT2D eigenvalue weighted by atomic mass is 9.77. The van der Waals surface area contributed by atoms with Gasteiger partial charge in [-0.2, -0.15) is 0 Å². The molecule has 1 aliphatic rings. The van der Waals surface area contributed by atoms with Crippen molar-refractivity contribution >= 4 is 22.3 Å². The zero-order valence-electron chi connectivity index (χ0n) is 12.9. The Balaban J connectivity index is 2.01. The van der Waals surface area contributed by atoms with Crippen LogP contribution >= 0.6 is 0 Å². The number of aliphatic carboxylic acids is 1. The molecule has 0 saturated carbocycles. The smallest absolute Gasteiger partial charge is 0.304 e. The van der Waals surface area contributed by atoms with Crippen LogP contribution in [0.5, 0.6) is 5.75 Å². The summed E-state index contributed by atoms with van der Waals surface area (Å²) in [5.41, 5.74) is 2.01. The van der Waals surface area contributed by atoms with Crippen LogP contribution in [0.1, 0.15) is 31.7 Å². The molecule has 2 aromatic rings. The first-order chi connectivity index (χ1) is 10.5. The zero-order valence-corrected chi connectivity index (χ0v) is 12.9. The van der Waals surface area contributed by atoms with Crippen molar-refractivity contribution in [3.8, 4) is 5.75 Å².